The summed E-state index contributed by atoms with van der Waals surface area (Å²) in [6.07, 6.45) is 2.13. The van der Waals surface area contributed by atoms with Crippen LogP contribution in [0.15, 0.2) is 12.3 Å². The predicted octanol–water partition coefficient (Wildman–Crippen LogP) is 1.61. The number of hydrogen-bond donors (Lipinski definition) is 1. The maximum atomic E-state index is 10.1. The van der Waals surface area contributed by atoms with Gasteiger partial charge in [-0.3, -0.25) is 4.68 Å². The minimum Gasteiger partial charge on any atom is -0.387 e. The molecule has 2 atom stereocenters. The van der Waals surface area contributed by atoms with Crippen LogP contribution in [-0.4, -0.2) is 28.6 Å². The molecule has 15 heavy (non-hydrogen) atoms. The van der Waals surface area contributed by atoms with Crippen LogP contribution >= 0.6 is 0 Å². The fraction of sp³-hybridized carbons (Fsp3) is 0.727. The Morgan fingerprint density at radius 1 is 1.60 bits per heavy atom. The lowest BCUT2D eigenvalue weighted by Crippen LogP contribution is -2.16. The van der Waals surface area contributed by atoms with E-state index in [-0.39, 0.29) is 5.92 Å². The Kier molecular flexibility index (Phi) is 4.78. The first kappa shape index (κ1) is 12.2. The van der Waals surface area contributed by atoms with Crippen molar-refractivity contribution in [3.05, 3.63) is 18.0 Å². The van der Waals surface area contributed by atoms with E-state index in [1.54, 1.807) is 13.3 Å². The standard InChI is InChI=1S/C11H20N2O2/c1-4-13-10(5-7-12-13)11(14)9(2)6-8-15-3/h5,7,9,11,14H,4,6,8H2,1-3H3. The molecular weight excluding hydrogens is 192 g/mol. The monoisotopic (exact) mass is 212 g/mol. The van der Waals surface area contributed by atoms with E-state index in [2.05, 4.69) is 5.10 Å². The molecule has 2 unspecified atom stereocenters. The lowest BCUT2D eigenvalue weighted by molar-refractivity contribution is 0.0818. The Bertz CT molecular complexity index is 286. The first-order chi connectivity index (χ1) is 7.20. The zero-order valence-electron chi connectivity index (χ0n) is 9.68. The normalized spacial score (nSPS) is 15.2. The van der Waals surface area contributed by atoms with E-state index in [0.717, 1.165) is 18.7 Å². The summed E-state index contributed by atoms with van der Waals surface area (Å²) in [5.41, 5.74) is 0.890. The van der Waals surface area contributed by atoms with Crippen LogP contribution in [0.1, 0.15) is 32.1 Å². The molecule has 0 saturated heterocycles. The number of aliphatic hydroxyl groups excluding tert-OH is 1. The molecule has 0 aromatic carbocycles. The van der Waals surface area contributed by atoms with Gasteiger partial charge in [0.25, 0.3) is 0 Å². The van der Waals surface area contributed by atoms with Crippen molar-refractivity contribution < 1.29 is 9.84 Å². The lowest BCUT2D eigenvalue weighted by Gasteiger charge is -2.19. The number of rotatable bonds is 6. The van der Waals surface area contributed by atoms with Gasteiger partial charge < -0.3 is 9.84 Å². The lowest BCUT2D eigenvalue weighted by atomic mass is 9.99. The average Bonchev–Trinajstić information content (AvgIpc) is 2.72. The van der Waals surface area contributed by atoms with Gasteiger partial charge in [-0.1, -0.05) is 6.92 Å². The van der Waals surface area contributed by atoms with Crippen molar-refractivity contribution in [3.8, 4) is 0 Å². The van der Waals surface area contributed by atoms with Gasteiger partial charge in [-0.2, -0.15) is 5.10 Å². The molecule has 1 aromatic heterocycles. The Labute approximate surface area is 90.9 Å². The molecule has 4 nitrogen and oxygen atoms in total. The van der Waals surface area contributed by atoms with E-state index in [1.165, 1.54) is 0 Å². The van der Waals surface area contributed by atoms with Crippen LogP contribution in [0.2, 0.25) is 0 Å². The van der Waals surface area contributed by atoms with Gasteiger partial charge in [0.2, 0.25) is 0 Å². The minimum absolute atomic E-state index is 0.187. The molecule has 1 aromatic rings. The Balaban J connectivity index is 2.62. The molecule has 86 valence electrons. The van der Waals surface area contributed by atoms with E-state index < -0.39 is 6.10 Å². The highest BCUT2D eigenvalue weighted by Crippen LogP contribution is 2.23. The fourth-order valence-corrected chi connectivity index (χ4v) is 1.61. The molecule has 0 bridgehead atoms. The molecule has 0 saturated carbocycles. The van der Waals surface area contributed by atoms with Gasteiger partial charge in [-0.05, 0) is 25.3 Å². The van der Waals surface area contributed by atoms with Gasteiger partial charge in [-0.25, -0.2) is 0 Å². The Hall–Kier alpha value is -0.870. The minimum atomic E-state index is -0.456. The van der Waals surface area contributed by atoms with Crippen molar-refractivity contribution in [1.82, 2.24) is 9.78 Å². The highest BCUT2D eigenvalue weighted by Gasteiger charge is 2.19. The van der Waals surface area contributed by atoms with Crippen molar-refractivity contribution in [1.29, 1.82) is 0 Å². The van der Waals surface area contributed by atoms with E-state index >= 15 is 0 Å². The van der Waals surface area contributed by atoms with Crippen molar-refractivity contribution in [3.63, 3.8) is 0 Å². The third kappa shape index (κ3) is 3.04. The number of nitrogens with zero attached hydrogens (tertiary/aromatic N) is 2. The maximum Gasteiger partial charge on any atom is 0.0982 e. The summed E-state index contributed by atoms with van der Waals surface area (Å²) in [6.45, 7) is 5.51. The van der Waals surface area contributed by atoms with Crippen molar-refractivity contribution in [2.24, 2.45) is 5.92 Å². The number of aryl methyl sites for hydroxylation is 1. The second kappa shape index (κ2) is 5.88. The van der Waals surface area contributed by atoms with E-state index in [1.807, 2.05) is 24.6 Å². The summed E-state index contributed by atoms with van der Waals surface area (Å²) >= 11 is 0. The molecular formula is C11H20N2O2. The number of aromatic nitrogens is 2. The van der Waals surface area contributed by atoms with Crippen molar-refractivity contribution >= 4 is 0 Å². The quantitative estimate of drug-likeness (QED) is 0.779. The molecule has 1 heterocycles. The van der Waals surface area contributed by atoms with Gasteiger partial charge in [0.1, 0.15) is 0 Å². The zero-order valence-corrected chi connectivity index (χ0v) is 9.68. The highest BCUT2D eigenvalue weighted by molar-refractivity contribution is 5.05. The Morgan fingerprint density at radius 3 is 2.93 bits per heavy atom. The van der Waals surface area contributed by atoms with Gasteiger partial charge in [-0.15, -0.1) is 0 Å². The topological polar surface area (TPSA) is 47.3 Å². The van der Waals surface area contributed by atoms with Crippen LogP contribution in [0.4, 0.5) is 0 Å². The predicted molar refractivity (Wildman–Crippen MR) is 58.5 cm³/mol. The average molecular weight is 212 g/mol. The molecule has 0 aliphatic rings. The molecule has 0 fully saturated rings. The van der Waals surface area contributed by atoms with Crippen LogP contribution in [0.5, 0.6) is 0 Å². The molecule has 1 N–H and O–H groups in total. The summed E-state index contributed by atoms with van der Waals surface area (Å²) < 4.78 is 6.83. The SMILES string of the molecule is CCn1nccc1C(O)C(C)CCOC. The summed E-state index contributed by atoms with van der Waals surface area (Å²) in [7, 11) is 1.68. The number of hydrogen-bond acceptors (Lipinski definition) is 3. The van der Waals surface area contributed by atoms with Gasteiger partial charge >= 0.3 is 0 Å². The van der Waals surface area contributed by atoms with Crippen molar-refractivity contribution in [2.75, 3.05) is 13.7 Å². The molecule has 1 rings (SSSR count). The second-order valence-corrected chi connectivity index (χ2v) is 3.78. The van der Waals surface area contributed by atoms with Crippen LogP contribution in [0.3, 0.4) is 0 Å². The molecule has 0 radical (unpaired) electrons. The van der Waals surface area contributed by atoms with Gasteiger partial charge in [0, 0.05) is 26.5 Å². The third-order valence-electron chi connectivity index (χ3n) is 2.67. The largest absolute Gasteiger partial charge is 0.387 e. The van der Waals surface area contributed by atoms with Gasteiger partial charge in [0.05, 0.1) is 11.8 Å². The van der Waals surface area contributed by atoms with E-state index in [9.17, 15) is 5.11 Å². The molecule has 0 spiro atoms. The van der Waals surface area contributed by atoms with Crippen LogP contribution in [0, 0.1) is 5.92 Å². The van der Waals surface area contributed by atoms with E-state index in [0.29, 0.717) is 6.61 Å². The third-order valence-corrected chi connectivity index (χ3v) is 2.67. The fourth-order valence-electron chi connectivity index (χ4n) is 1.61. The molecule has 0 amide bonds. The summed E-state index contributed by atoms with van der Waals surface area (Å²) in [4.78, 5) is 0. The molecule has 4 heteroatoms. The highest BCUT2D eigenvalue weighted by atomic mass is 16.5. The maximum absolute atomic E-state index is 10.1. The summed E-state index contributed by atoms with van der Waals surface area (Å²) in [6, 6.07) is 1.87. The Morgan fingerprint density at radius 2 is 2.33 bits per heavy atom. The first-order valence-corrected chi connectivity index (χ1v) is 5.39. The molecule has 0 aliphatic heterocycles. The number of methoxy groups -OCH3 is 1. The van der Waals surface area contributed by atoms with Gasteiger partial charge in [0.15, 0.2) is 0 Å². The number of ether oxygens (including phenoxy) is 1. The molecule has 0 aliphatic carbocycles. The smallest absolute Gasteiger partial charge is 0.0982 e. The van der Waals surface area contributed by atoms with E-state index in [4.69, 9.17) is 4.74 Å². The van der Waals surface area contributed by atoms with Crippen LogP contribution < -0.4 is 0 Å². The zero-order chi connectivity index (χ0) is 11.3. The first-order valence-electron chi connectivity index (χ1n) is 5.39. The van der Waals surface area contributed by atoms with Crippen LogP contribution in [0.25, 0.3) is 0 Å². The summed E-state index contributed by atoms with van der Waals surface area (Å²) in [5, 5.41) is 14.2. The van der Waals surface area contributed by atoms with Crippen molar-refractivity contribution in [2.45, 2.75) is 32.9 Å². The second-order valence-electron chi connectivity index (χ2n) is 3.78. The number of aliphatic hydroxyl groups is 1. The summed E-state index contributed by atoms with van der Waals surface area (Å²) in [5.74, 6) is 0.187. The van der Waals surface area contributed by atoms with Crippen LogP contribution in [-0.2, 0) is 11.3 Å².